The number of hydrogen-bond donors (Lipinski definition) is 1. The highest BCUT2D eigenvalue weighted by Crippen LogP contribution is 2.25. The summed E-state index contributed by atoms with van der Waals surface area (Å²) in [5.41, 5.74) is 1.83. The van der Waals surface area contributed by atoms with Gasteiger partial charge in [0, 0.05) is 5.69 Å². The van der Waals surface area contributed by atoms with Gasteiger partial charge in [0.15, 0.2) is 0 Å². The molecular weight excluding hydrogens is 386 g/mol. The van der Waals surface area contributed by atoms with E-state index in [4.69, 9.17) is 4.74 Å². The van der Waals surface area contributed by atoms with Gasteiger partial charge in [0.2, 0.25) is 5.91 Å². The molecule has 1 saturated heterocycles. The van der Waals surface area contributed by atoms with Crippen LogP contribution in [0.25, 0.3) is 0 Å². The fraction of sp³-hybridized carbons (Fsp3) is 0.273. The molecule has 2 aromatic rings. The van der Waals surface area contributed by atoms with Crippen molar-refractivity contribution in [2.24, 2.45) is 0 Å². The van der Waals surface area contributed by atoms with E-state index in [0.717, 1.165) is 10.5 Å². The minimum absolute atomic E-state index is 0.0256. The van der Waals surface area contributed by atoms with Crippen molar-refractivity contribution >= 4 is 35.1 Å². The number of imide groups is 2. The van der Waals surface area contributed by atoms with E-state index >= 15 is 0 Å². The maximum Gasteiger partial charge on any atom is 0.339 e. The number of amides is 5. The SMILES string of the molecule is COc1ccc(N2C(=O)C(=O)N(CC(=O)Nc3ccc(C(C)(C)C)cc3)C2=O)cc1. The molecule has 0 radical (unpaired) electrons. The maximum atomic E-state index is 12.6. The summed E-state index contributed by atoms with van der Waals surface area (Å²) < 4.78 is 5.04. The number of hydrogen-bond acceptors (Lipinski definition) is 5. The van der Waals surface area contributed by atoms with Crippen LogP contribution >= 0.6 is 0 Å². The Balaban J connectivity index is 1.69. The van der Waals surface area contributed by atoms with Crippen molar-refractivity contribution in [1.29, 1.82) is 0 Å². The van der Waals surface area contributed by atoms with E-state index in [1.54, 1.807) is 24.3 Å². The molecule has 0 bridgehead atoms. The Morgan fingerprint density at radius 3 is 2.07 bits per heavy atom. The molecule has 0 atom stereocenters. The standard InChI is InChI=1S/C22H23N3O5/c1-22(2,3)14-5-7-15(8-6-14)23-18(26)13-24-19(27)20(28)25(21(24)29)16-9-11-17(30-4)12-10-16/h5-12H,13H2,1-4H3,(H,23,26). The first kappa shape index (κ1) is 21.0. The predicted molar refractivity (Wildman–Crippen MR) is 111 cm³/mol. The first-order chi connectivity index (χ1) is 14.1. The lowest BCUT2D eigenvalue weighted by molar-refractivity contribution is -0.140. The smallest absolute Gasteiger partial charge is 0.339 e. The van der Waals surface area contributed by atoms with Crippen molar-refractivity contribution in [3.05, 3.63) is 54.1 Å². The van der Waals surface area contributed by atoms with E-state index in [2.05, 4.69) is 26.1 Å². The average molecular weight is 409 g/mol. The van der Waals surface area contributed by atoms with Gasteiger partial charge in [-0.3, -0.25) is 14.4 Å². The minimum Gasteiger partial charge on any atom is -0.497 e. The number of nitrogens with one attached hydrogen (secondary N) is 1. The molecule has 1 aliphatic rings. The third-order valence-electron chi connectivity index (χ3n) is 4.72. The van der Waals surface area contributed by atoms with E-state index in [0.29, 0.717) is 16.3 Å². The van der Waals surface area contributed by atoms with Crippen LogP contribution in [0.4, 0.5) is 16.2 Å². The van der Waals surface area contributed by atoms with Crippen LogP contribution in [0, 0.1) is 0 Å². The maximum absolute atomic E-state index is 12.6. The molecule has 2 aromatic carbocycles. The van der Waals surface area contributed by atoms with Gasteiger partial charge in [0.25, 0.3) is 0 Å². The van der Waals surface area contributed by atoms with Crippen LogP contribution in [-0.4, -0.2) is 42.3 Å². The lowest BCUT2D eigenvalue weighted by Gasteiger charge is -2.19. The third kappa shape index (κ3) is 4.17. The molecular formula is C22H23N3O5. The fourth-order valence-corrected chi connectivity index (χ4v) is 3.00. The van der Waals surface area contributed by atoms with E-state index in [1.807, 2.05) is 12.1 Å². The van der Waals surface area contributed by atoms with Gasteiger partial charge in [-0.2, -0.15) is 0 Å². The molecule has 0 unspecified atom stereocenters. The Kier molecular flexibility index (Phi) is 5.60. The van der Waals surface area contributed by atoms with Gasteiger partial charge in [-0.25, -0.2) is 14.6 Å². The molecule has 8 nitrogen and oxygen atoms in total. The molecule has 0 aliphatic carbocycles. The van der Waals surface area contributed by atoms with Crippen LogP contribution in [0.1, 0.15) is 26.3 Å². The second kappa shape index (κ2) is 7.98. The van der Waals surface area contributed by atoms with E-state index in [1.165, 1.54) is 19.2 Å². The zero-order chi connectivity index (χ0) is 22.1. The average Bonchev–Trinajstić information content (AvgIpc) is 2.91. The van der Waals surface area contributed by atoms with Gasteiger partial charge in [-0.1, -0.05) is 32.9 Å². The summed E-state index contributed by atoms with van der Waals surface area (Å²) in [5, 5.41) is 2.64. The van der Waals surface area contributed by atoms with Crippen molar-refractivity contribution in [3.63, 3.8) is 0 Å². The largest absolute Gasteiger partial charge is 0.497 e. The van der Waals surface area contributed by atoms with Crippen LogP contribution in [0.3, 0.4) is 0 Å². The second-order valence-electron chi connectivity index (χ2n) is 7.89. The number of urea groups is 1. The lowest BCUT2D eigenvalue weighted by Crippen LogP contribution is -2.39. The number of anilines is 2. The summed E-state index contributed by atoms with van der Waals surface area (Å²) in [4.78, 5) is 50.9. The van der Waals surface area contributed by atoms with Gasteiger partial charge >= 0.3 is 17.8 Å². The second-order valence-corrected chi connectivity index (χ2v) is 7.89. The number of carbonyl (C=O) groups is 4. The van der Waals surface area contributed by atoms with Crippen molar-refractivity contribution in [1.82, 2.24) is 4.90 Å². The first-order valence-electron chi connectivity index (χ1n) is 9.36. The zero-order valence-electron chi connectivity index (χ0n) is 17.3. The van der Waals surface area contributed by atoms with Crippen LogP contribution in [-0.2, 0) is 19.8 Å². The number of rotatable bonds is 5. The normalized spacial score (nSPS) is 14.3. The van der Waals surface area contributed by atoms with E-state index < -0.39 is 30.3 Å². The molecule has 3 rings (SSSR count). The number of methoxy groups -OCH3 is 1. The van der Waals surface area contributed by atoms with E-state index in [-0.39, 0.29) is 11.1 Å². The van der Waals surface area contributed by atoms with Crippen LogP contribution < -0.4 is 15.0 Å². The van der Waals surface area contributed by atoms with Crippen molar-refractivity contribution in [2.75, 3.05) is 23.9 Å². The van der Waals surface area contributed by atoms with Crippen molar-refractivity contribution < 1.29 is 23.9 Å². The molecule has 0 aromatic heterocycles. The first-order valence-corrected chi connectivity index (χ1v) is 9.36. The van der Waals surface area contributed by atoms with Crippen LogP contribution in [0.2, 0.25) is 0 Å². The molecule has 1 heterocycles. The van der Waals surface area contributed by atoms with Crippen LogP contribution in [0.5, 0.6) is 5.75 Å². The highest BCUT2D eigenvalue weighted by molar-refractivity contribution is 6.53. The number of ether oxygens (including phenoxy) is 1. The Morgan fingerprint density at radius 1 is 0.933 bits per heavy atom. The lowest BCUT2D eigenvalue weighted by atomic mass is 9.87. The summed E-state index contributed by atoms with van der Waals surface area (Å²) >= 11 is 0. The van der Waals surface area contributed by atoms with E-state index in [9.17, 15) is 19.2 Å². The summed E-state index contributed by atoms with van der Waals surface area (Å²) in [6, 6.07) is 12.5. The van der Waals surface area contributed by atoms with Crippen LogP contribution in [0.15, 0.2) is 48.5 Å². The highest BCUT2D eigenvalue weighted by atomic mass is 16.5. The Bertz CT molecular complexity index is 991. The molecule has 1 aliphatic heterocycles. The Labute approximate surface area is 174 Å². The molecule has 0 spiro atoms. The summed E-state index contributed by atoms with van der Waals surface area (Å²) in [6.45, 7) is 5.68. The van der Waals surface area contributed by atoms with Gasteiger partial charge in [0.1, 0.15) is 12.3 Å². The van der Waals surface area contributed by atoms with Gasteiger partial charge in [-0.15, -0.1) is 0 Å². The molecule has 0 saturated carbocycles. The van der Waals surface area contributed by atoms with Gasteiger partial charge in [0.05, 0.1) is 12.8 Å². The quantitative estimate of drug-likeness (QED) is 0.605. The van der Waals surface area contributed by atoms with Gasteiger partial charge in [-0.05, 0) is 47.4 Å². The Hall–Kier alpha value is -3.68. The summed E-state index contributed by atoms with van der Waals surface area (Å²) in [7, 11) is 1.49. The van der Waals surface area contributed by atoms with Crippen molar-refractivity contribution in [2.45, 2.75) is 26.2 Å². The summed E-state index contributed by atoms with van der Waals surface area (Å²) in [5.74, 6) is -2.09. The minimum atomic E-state index is -1.05. The number of benzene rings is 2. The molecule has 8 heteroatoms. The summed E-state index contributed by atoms with van der Waals surface area (Å²) in [6.07, 6.45) is 0. The van der Waals surface area contributed by atoms with Gasteiger partial charge < -0.3 is 10.1 Å². The zero-order valence-corrected chi connectivity index (χ0v) is 17.3. The number of carbonyl (C=O) groups excluding carboxylic acids is 4. The third-order valence-corrected chi connectivity index (χ3v) is 4.72. The predicted octanol–water partition coefficient (Wildman–Crippen LogP) is 2.93. The van der Waals surface area contributed by atoms with Crippen molar-refractivity contribution in [3.8, 4) is 5.75 Å². The monoisotopic (exact) mass is 409 g/mol. The molecule has 30 heavy (non-hydrogen) atoms. The molecule has 5 amide bonds. The number of nitrogens with zero attached hydrogens (tertiary/aromatic N) is 2. The highest BCUT2D eigenvalue weighted by Gasteiger charge is 2.46. The Morgan fingerprint density at radius 2 is 1.53 bits per heavy atom. The fourth-order valence-electron chi connectivity index (χ4n) is 3.00. The topological polar surface area (TPSA) is 96.0 Å². The molecule has 1 N–H and O–H groups in total. The molecule has 1 fully saturated rings. The molecule has 156 valence electrons.